The van der Waals surface area contributed by atoms with Crippen molar-refractivity contribution >= 4 is 33.6 Å². The maximum absolute atomic E-state index is 11.8. The molecule has 0 spiro atoms. The first kappa shape index (κ1) is 12.2. The highest BCUT2D eigenvalue weighted by atomic mass is 127. The average Bonchev–Trinajstić information content (AvgIpc) is 2.78. The number of fused-ring (bicyclic) bond motifs is 1. The van der Waals surface area contributed by atoms with E-state index < -0.39 is 0 Å². The summed E-state index contributed by atoms with van der Waals surface area (Å²) in [7, 11) is 1.56. The molecule has 3 rings (SSSR count). The summed E-state index contributed by atoms with van der Waals surface area (Å²) in [6.45, 7) is 0. The lowest BCUT2D eigenvalue weighted by molar-refractivity contribution is 0.397. The van der Waals surface area contributed by atoms with Crippen LogP contribution in [0.1, 0.15) is 0 Å². The molecular weight excluding hydrogens is 359 g/mol. The fourth-order valence-electron chi connectivity index (χ4n) is 1.88. The predicted molar refractivity (Wildman–Crippen MR) is 78.8 cm³/mol. The van der Waals surface area contributed by atoms with Crippen LogP contribution in [-0.2, 0) is 0 Å². The van der Waals surface area contributed by atoms with E-state index >= 15 is 0 Å². The number of aromatic amines is 1. The number of pyridine rings is 1. The van der Waals surface area contributed by atoms with Gasteiger partial charge in [-0.25, -0.2) is 9.97 Å². The van der Waals surface area contributed by atoms with Crippen molar-refractivity contribution in [2.75, 3.05) is 7.11 Å². The van der Waals surface area contributed by atoms with Gasteiger partial charge < -0.3 is 9.72 Å². The Bertz CT molecular complexity index is 809. The van der Waals surface area contributed by atoms with Gasteiger partial charge in [0.1, 0.15) is 0 Å². The Hall–Kier alpha value is -1.90. The quantitative estimate of drug-likeness (QED) is 0.700. The van der Waals surface area contributed by atoms with Gasteiger partial charge in [0.05, 0.1) is 24.5 Å². The summed E-state index contributed by atoms with van der Waals surface area (Å²) >= 11 is 2.12. The number of halogens is 1. The van der Waals surface area contributed by atoms with Gasteiger partial charge in [0.2, 0.25) is 5.88 Å². The fourth-order valence-corrected chi connectivity index (χ4v) is 2.65. The molecule has 0 aliphatic heterocycles. The standard InChI is InChI=1S/C12H9IN4O2/c1-19-9-4-7(2-3-14-9)17-5-8(13)10-11(17)15-6-16-12(10)18/h2-6H,1H3,(H,15,16,18). The van der Waals surface area contributed by atoms with E-state index in [1.54, 1.807) is 19.4 Å². The zero-order chi connectivity index (χ0) is 13.4. The van der Waals surface area contributed by atoms with Crippen molar-refractivity contribution in [2.45, 2.75) is 0 Å². The predicted octanol–water partition coefficient (Wildman–Crippen LogP) is 1.72. The zero-order valence-corrected chi connectivity index (χ0v) is 12.1. The summed E-state index contributed by atoms with van der Waals surface area (Å²) < 4.78 is 7.79. The highest BCUT2D eigenvalue weighted by Crippen LogP contribution is 2.22. The number of nitrogens with zero attached hydrogens (tertiary/aromatic N) is 3. The van der Waals surface area contributed by atoms with E-state index in [4.69, 9.17) is 4.74 Å². The smallest absolute Gasteiger partial charge is 0.261 e. The molecular formula is C12H9IN4O2. The minimum atomic E-state index is -0.144. The molecule has 7 heteroatoms. The zero-order valence-electron chi connectivity index (χ0n) is 9.92. The molecule has 6 nitrogen and oxygen atoms in total. The molecule has 3 aromatic heterocycles. The van der Waals surface area contributed by atoms with Crippen molar-refractivity contribution in [3.05, 3.63) is 44.8 Å². The first-order valence-corrected chi connectivity index (χ1v) is 6.53. The highest BCUT2D eigenvalue weighted by molar-refractivity contribution is 14.1. The van der Waals surface area contributed by atoms with Crippen LogP contribution in [0.3, 0.4) is 0 Å². The number of methoxy groups -OCH3 is 1. The van der Waals surface area contributed by atoms with Crippen molar-refractivity contribution in [1.29, 1.82) is 0 Å². The van der Waals surface area contributed by atoms with Crippen LogP contribution < -0.4 is 10.3 Å². The molecule has 96 valence electrons. The number of rotatable bonds is 2. The molecule has 0 aliphatic carbocycles. The van der Waals surface area contributed by atoms with Crippen LogP contribution in [0.4, 0.5) is 0 Å². The number of H-pyrrole nitrogens is 1. The normalized spacial score (nSPS) is 10.8. The molecule has 1 N–H and O–H groups in total. The van der Waals surface area contributed by atoms with Gasteiger partial charge in [0, 0.05) is 22.0 Å². The second kappa shape index (κ2) is 4.65. The first-order chi connectivity index (χ1) is 9.20. The lowest BCUT2D eigenvalue weighted by Crippen LogP contribution is -2.07. The van der Waals surface area contributed by atoms with Crippen molar-refractivity contribution < 1.29 is 4.74 Å². The fraction of sp³-hybridized carbons (Fsp3) is 0.0833. The van der Waals surface area contributed by atoms with Crippen LogP contribution in [0.25, 0.3) is 16.7 Å². The summed E-state index contributed by atoms with van der Waals surface area (Å²) in [5.74, 6) is 0.513. The number of hydrogen-bond acceptors (Lipinski definition) is 4. The third-order valence-corrected chi connectivity index (χ3v) is 3.57. The summed E-state index contributed by atoms with van der Waals surface area (Å²) in [4.78, 5) is 22.7. The van der Waals surface area contributed by atoms with Crippen molar-refractivity contribution in [1.82, 2.24) is 19.5 Å². The molecule has 0 aliphatic rings. The van der Waals surface area contributed by atoms with Crippen molar-refractivity contribution in [3.8, 4) is 11.6 Å². The number of ether oxygens (including phenoxy) is 1. The van der Waals surface area contributed by atoms with E-state index in [0.717, 1.165) is 9.26 Å². The van der Waals surface area contributed by atoms with Gasteiger partial charge in [0.15, 0.2) is 5.65 Å². The Morgan fingerprint density at radius 2 is 2.26 bits per heavy atom. The Kier molecular flexibility index (Phi) is 2.97. The van der Waals surface area contributed by atoms with Gasteiger partial charge >= 0.3 is 0 Å². The maximum Gasteiger partial charge on any atom is 0.261 e. The number of hydrogen-bond donors (Lipinski definition) is 1. The Labute approximate surface area is 121 Å². The van der Waals surface area contributed by atoms with Gasteiger partial charge in [0.25, 0.3) is 5.56 Å². The van der Waals surface area contributed by atoms with Crippen LogP contribution >= 0.6 is 22.6 Å². The minimum absolute atomic E-state index is 0.144. The van der Waals surface area contributed by atoms with Crippen LogP contribution in [-0.4, -0.2) is 26.6 Å². The van der Waals surface area contributed by atoms with E-state index in [1.165, 1.54) is 6.33 Å². The topological polar surface area (TPSA) is 72.8 Å². The third-order valence-electron chi connectivity index (χ3n) is 2.75. The van der Waals surface area contributed by atoms with E-state index in [-0.39, 0.29) is 5.56 Å². The lowest BCUT2D eigenvalue weighted by atomic mass is 10.4. The largest absolute Gasteiger partial charge is 0.481 e. The maximum atomic E-state index is 11.8. The SMILES string of the molecule is COc1cc(-n2cc(I)c3c(=O)[nH]cnc32)ccn1. The molecule has 0 bridgehead atoms. The Morgan fingerprint density at radius 1 is 1.42 bits per heavy atom. The van der Waals surface area contributed by atoms with Crippen molar-refractivity contribution in [3.63, 3.8) is 0 Å². The van der Waals surface area contributed by atoms with Crippen LogP contribution in [0.15, 0.2) is 35.6 Å². The summed E-state index contributed by atoms with van der Waals surface area (Å²) in [6.07, 6.45) is 4.91. The average molecular weight is 368 g/mol. The molecule has 0 unspecified atom stereocenters. The van der Waals surface area contributed by atoms with Crippen LogP contribution in [0, 0.1) is 3.57 Å². The minimum Gasteiger partial charge on any atom is -0.481 e. The molecule has 0 saturated carbocycles. The Morgan fingerprint density at radius 3 is 3.05 bits per heavy atom. The molecule has 0 saturated heterocycles. The van der Waals surface area contributed by atoms with Crippen LogP contribution in [0.5, 0.6) is 5.88 Å². The molecule has 0 amide bonds. The molecule has 19 heavy (non-hydrogen) atoms. The number of aromatic nitrogens is 4. The third kappa shape index (κ3) is 1.99. The van der Waals surface area contributed by atoms with E-state index in [2.05, 4.69) is 37.5 Å². The summed E-state index contributed by atoms with van der Waals surface area (Å²) in [5, 5.41) is 0.582. The van der Waals surface area contributed by atoms with Gasteiger partial charge in [-0.3, -0.25) is 9.36 Å². The highest BCUT2D eigenvalue weighted by Gasteiger charge is 2.12. The first-order valence-electron chi connectivity index (χ1n) is 5.45. The summed E-state index contributed by atoms with van der Waals surface area (Å²) in [5.41, 5.74) is 1.31. The molecule has 0 atom stereocenters. The van der Waals surface area contributed by atoms with E-state index in [1.807, 2.05) is 16.8 Å². The Balaban J connectivity index is 2.31. The van der Waals surface area contributed by atoms with Crippen molar-refractivity contribution in [2.24, 2.45) is 0 Å². The van der Waals surface area contributed by atoms with Gasteiger partial charge in [-0.15, -0.1) is 0 Å². The van der Waals surface area contributed by atoms with Gasteiger partial charge in [-0.1, -0.05) is 0 Å². The molecule has 3 aromatic rings. The van der Waals surface area contributed by atoms with Gasteiger partial charge in [-0.2, -0.15) is 0 Å². The van der Waals surface area contributed by atoms with E-state index in [9.17, 15) is 4.79 Å². The molecule has 3 heterocycles. The second-order valence-corrected chi connectivity index (χ2v) is 5.00. The van der Waals surface area contributed by atoms with Gasteiger partial charge in [-0.05, 0) is 28.7 Å². The monoisotopic (exact) mass is 368 g/mol. The molecule has 0 fully saturated rings. The summed E-state index contributed by atoms with van der Waals surface area (Å²) in [6, 6.07) is 3.62. The van der Waals surface area contributed by atoms with E-state index in [0.29, 0.717) is 16.9 Å². The molecule has 0 aromatic carbocycles. The second-order valence-electron chi connectivity index (χ2n) is 3.83. The molecule has 0 radical (unpaired) electrons. The van der Waals surface area contributed by atoms with Crippen LogP contribution in [0.2, 0.25) is 0 Å². The lowest BCUT2D eigenvalue weighted by Gasteiger charge is -2.05. The number of nitrogens with one attached hydrogen (secondary N) is 1.